The Morgan fingerprint density at radius 3 is 2.00 bits per heavy atom. The Balaban J connectivity index is 2.93. The molecule has 0 aliphatic carbocycles. The molecule has 0 aromatic heterocycles. The van der Waals surface area contributed by atoms with Gasteiger partial charge < -0.3 is 5.32 Å². The van der Waals surface area contributed by atoms with E-state index in [9.17, 15) is 4.39 Å². The molecule has 0 aliphatic rings. The number of alkyl halides is 1. The van der Waals surface area contributed by atoms with Crippen molar-refractivity contribution in [2.75, 3.05) is 6.54 Å². The minimum atomic E-state index is -0.725. The lowest BCUT2D eigenvalue weighted by atomic mass is 10.3. The Labute approximate surface area is 50.3 Å². The number of rotatable bonds is 3. The second-order valence-electron chi connectivity index (χ2n) is 2.34. The smallest absolute Gasteiger partial charge is 0.110 e. The third-order valence-corrected chi connectivity index (χ3v) is 0.807. The summed E-state index contributed by atoms with van der Waals surface area (Å²) in [4.78, 5) is 0. The van der Waals surface area contributed by atoms with Gasteiger partial charge in [-0.1, -0.05) is 13.8 Å². The maximum atomic E-state index is 12.0. The highest BCUT2D eigenvalue weighted by Crippen LogP contribution is 1.85. The van der Waals surface area contributed by atoms with Crippen molar-refractivity contribution in [3.63, 3.8) is 0 Å². The Bertz CT molecular complexity index is 44.5. The lowest BCUT2D eigenvalue weighted by Crippen LogP contribution is -2.28. The molecule has 8 heavy (non-hydrogen) atoms. The largest absolute Gasteiger partial charge is 0.312 e. The molecule has 0 amide bonds. The van der Waals surface area contributed by atoms with Gasteiger partial charge in [0.25, 0.3) is 0 Å². The Morgan fingerprint density at radius 2 is 1.88 bits per heavy atom. The fourth-order valence-corrected chi connectivity index (χ4v) is 0.398. The summed E-state index contributed by atoms with van der Waals surface area (Å²) in [5, 5.41) is 2.97. The van der Waals surface area contributed by atoms with E-state index in [2.05, 4.69) is 5.32 Å². The van der Waals surface area contributed by atoms with Crippen molar-refractivity contribution in [2.24, 2.45) is 0 Å². The van der Waals surface area contributed by atoms with Crippen LogP contribution in [0.4, 0.5) is 4.39 Å². The van der Waals surface area contributed by atoms with Gasteiger partial charge in [0, 0.05) is 12.6 Å². The van der Waals surface area contributed by atoms with Crippen LogP contribution in [0.1, 0.15) is 20.8 Å². The summed E-state index contributed by atoms with van der Waals surface area (Å²) in [5.41, 5.74) is 0. The van der Waals surface area contributed by atoms with Crippen molar-refractivity contribution in [1.29, 1.82) is 0 Å². The number of hydrogen-bond acceptors (Lipinski definition) is 1. The van der Waals surface area contributed by atoms with E-state index in [0.29, 0.717) is 12.6 Å². The zero-order chi connectivity index (χ0) is 6.57. The molecule has 2 heteroatoms. The second kappa shape index (κ2) is 3.84. The van der Waals surface area contributed by atoms with Crippen LogP contribution in [0.25, 0.3) is 0 Å². The van der Waals surface area contributed by atoms with Gasteiger partial charge in [0.2, 0.25) is 0 Å². The molecule has 0 bridgehead atoms. The molecular formula is C6H14FN. The molecule has 0 saturated carbocycles. The van der Waals surface area contributed by atoms with Crippen molar-refractivity contribution in [3.8, 4) is 0 Å². The van der Waals surface area contributed by atoms with Gasteiger partial charge in [-0.3, -0.25) is 0 Å². The molecule has 0 rings (SSSR count). The molecule has 1 atom stereocenters. The van der Waals surface area contributed by atoms with Gasteiger partial charge in [-0.2, -0.15) is 0 Å². The van der Waals surface area contributed by atoms with Gasteiger partial charge in [-0.05, 0) is 6.92 Å². The lowest BCUT2D eigenvalue weighted by molar-refractivity contribution is 0.335. The van der Waals surface area contributed by atoms with Crippen molar-refractivity contribution in [3.05, 3.63) is 0 Å². The van der Waals surface area contributed by atoms with Gasteiger partial charge in [-0.15, -0.1) is 0 Å². The van der Waals surface area contributed by atoms with Gasteiger partial charge in [0.15, 0.2) is 0 Å². The third kappa shape index (κ3) is 5.89. The molecular weight excluding hydrogens is 105 g/mol. The minimum Gasteiger partial charge on any atom is -0.312 e. The summed E-state index contributed by atoms with van der Waals surface area (Å²) in [6.45, 7) is 6.03. The first-order valence-corrected chi connectivity index (χ1v) is 3.00. The van der Waals surface area contributed by atoms with Gasteiger partial charge in [0.1, 0.15) is 6.17 Å². The Morgan fingerprint density at radius 1 is 1.38 bits per heavy atom. The van der Waals surface area contributed by atoms with E-state index >= 15 is 0 Å². The van der Waals surface area contributed by atoms with Crippen molar-refractivity contribution in [2.45, 2.75) is 33.0 Å². The standard InChI is InChI=1S/C6H14FN/c1-5(2)8-4-6(3)7/h5-6,8H,4H2,1-3H3/t6-/m0/s1. The normalized spacial score (nSPS) is 14.6. The number of nitrogens with one attached hydrogen (secondary N) is 1. The monoisotopic (exact) mass is 119 g/mol. The molecule has 1 N–H and O–H groups in total. The highest BCUT2D eigenvalue weighted by molar-refractivity contribution is 4.56. The molecule has 1 nitrogen and oxygen atoms in total. The van der Waals surface area contributed by atoms with Crippen LogP contribution in [0.2, 0.25) is 0 Å². The quantitative estimate of drug-likeness (QED) is 0.591. The molecule has 0 aliphatic heterocycles. The van der Waals surface area contributed by atoms with Crippen molar-refractivity contribution >= 4 is 0 Å². The van der Waals surface area contributed by atoms with Gasteiger partial charge in [0.05, 0.1) is 0 Å². The molecule has 0 fully saturated rings. The maximum Gasteiger partial charge on any atom is 0.110 e. The summed E-state index contributed by atoms with van der Waals surface area (Å²) >= 11 is 0. The topological polar surface area (TPSA) is 12.0 Å². The van der Waals surface area contributed by atoms with Crippen molar-refractivity contribution in [1.82, 2.24) is 5.32 Å². The minimum absolute atomic E-state index is 0.396. The first kappa shape index (κ1) is 7.89. The van der Waals surface area contributed by atoms with Crippen LogP contribution in [-0.4, -0.2) is 18.8 Å². The maximum absolute atomic E-state index is 12.0. The molecule has 0 heterocycles. The summed E-state index contributed by atoms with van der Waals surface area (Å²) in [6, 6.07) is 0.396. The average Bonchev–Trinajstić information content (AvgIpc) is 1.61. The fourth-order valence-electron chi connectivity index (χ4n) is 0.398. The van der Waals surface area contributed by atoms with E-state index in [4.69, 9.17) is 0 Å². The molecule has 0 unspecified atom stereocenters. The van der Waals surface area contributed by atoms with Crippen LogP contribution in [0.15, 0.2) is 0 Å². The van der Waals surface area contributed by atoms with E-state index in [0.717, 1.165) is 0 Å². The van der Waals surface area contributed by atoms with Crippen LogP contribution in [0.3, 0.4) is 0 Å². The fraction of sp³-hybridized carbons (Fsp3) is 1.00. The van der Waals surface area contributed by atoms with E-state index in [1.807, 2.05) is 13.8 Å². The summed E-state index contributed by atoms with van der Waals surface area (Å²) in [6.07, 6.45) is -0.725. The molecule has 0 radical (unpaired) electrons. The van der Waals surface area contributed by atoms with Crippen LogP contribution in [0.5, 0.6) is 0 Å². The number of halogens is 1. The van der Waals surface area contributed by atoms with Gasteiger partial charge >= 0.3 is 0 Å². The highest BCUT2D eigenvalue weighted by Gasteiger charge is 1.96. The van der Waals surface area contributed by atoms with E-state index in [-0.39, 0.29) is 0 Å². The second-order valence-corrected chi connectivity index (χ2v) is 2.34. The summed E-state index contributed by atoms with van der Waals surface area (Å²) in [7, 11) is 0. The first-order chi connectivity index (χ1) is 3.63. The molecule has 0 aromatic carbocycles. The third-order valence-electron chi connectivity index (χ3n) is 0.807. The van der Waals surface area contributed by atoms with Crippen LogP contribution >= 0.6 is 0 Å². The summed E-state index contributed by atoms with van der Waals surface area (Å²) in [5.74, 6) is 0. The molecule has 0 aromatic rings. The predicted octanol–water partition coefficient (Wildman–Crippen LogP) is 1.34. The van der Waals surface area contributed by atoms with Crippen molar-refractivity contribution < 1.29 is 4.39 Å². The molecule has 0 spiro atoms. The van der Waals surface area contributed by atoms with Crippen LogP contribution in [-0.2, 0) is 0 Å². The van der Waals surface area contributed by atoms with Crippen LogP contribution in [0, 0.1) is 0 Å². The summed E-state index contributed by atoms with van der Waals surface area (Å²) < 4.78 is 12.0. The average molecular weight is 119 g/mol. The molecule has 50 valence electrons. The zero-order valence-electron chi connectivity index (χ0n) is 5.74. The SMILES string of the molecule is CC(C)NC[C@H](C)F. The van der Waals surface area contributed by atoms with Gasteiger partial charge in [-0.25, -0.2) is 4.39 Å². The number of hydrogen-bond donors (Lipinski definition) is 1. The van der Waals surface area contributed by atoms with E-state index in [1.54, 1.807) is 6.92 Å². The lowest BCUT2D eigenvalue weighted by Gasteiger charge is -2.07. The van der Waals surface area contributed by atoms with Crippen LogP contribution < -0.4 is 5.32 Å². The first-order valence-electron chi connectivity index (χ1n) is 3.00. The highest BCUT2D eigenvalue weighted by atomic mass is 19.1. The zero-order valence-corrected chi connectivity index (χ0v) is 5.74. The van der Waals surface area contributed by atoms with E-state index in [1.165, 1.54) is 0 Å². The van der Waals surface area contributed by atoms with E-state index < -0.39 is 6.17 Å². The molecule has 0 saturated heterocycles. The predicted molar refractivity (Wildman–Crippen MR) is 33.7 cm³/mol. The Hall–Kier alpha value is -0.110. The Kier molecular flexibility index (Phi) is 3.79.